The zero-order valence-corrected chi connectivity index (χ0v) is 17.0. The number of aryl methyl sites for hydroxylation is 1. The number of benzene rings is 2. The van der Waals surface area contributed by atoms with Crippen molar-refractivity contribution in [2.75, 3.05) is 27.9 Å². The van der Waals surface area contributed by atoms with Crippen molar-refractivity contribution in [1.82, 2.24) is 4.90 Å². The Bertz CT molecular complexity index is 786. The van der Waals surface area contributed by atoms with Gasteiger partial charge < -0.3 is 19.1 Å². The molecule has 5 nitrogen and oxygen atoms in total. The third-order valence-corrected chi connectivity index (χ3v) is 4.46. The molecule has 0 aliphatic heterocycles. The Morgan fingerprint density at radius 2 is 1.81 bits per heavy atom. The molecule has 0 radical (unpaired) electrons. The molecule has 0 bridgehead atoms. The maximum Gasteiger partial charge on any atom is 0.260 e. The number of likely N-dealkylation sites (N-methyl/N-ethyl adjacent to an activating group) is 1. The molecule has 0 unspecified atom stereocenters. The van der Waals surface area contributed by atoms with Gasteiger partial charge in [0.25, 0.3) is 5.91 Å². The number of para-hydroxylation sites is 1. The van der Waals surface area contributed by atoms with E-state index in [0.717, 1.165) is 22.4 Å². The van der Waals surface area contributed by atoms with Gasteiger partial charge in [-0.15, -0.1) is 0 Å². The highest BCUT2D eigenvalue weighted by molar-refractivity contribution is 5.77. The van der Waals surface area contributed by atoms with E-state index in [2.05, 4.69) is 26.0 Å². The summed E-state index contributed by atoms with van der Waals surface area (Å²) in [6, 6.07) is 11.7. The minimum atomic E-state index is -0.101. The lowest BCUT2D eigenvalue weighted by molar-refractivity contribution is -0.132. The second-order valence-corrected chi connectivity index (χ2v) is 6.89. The van der Waals surface area contributed by atoms with E-state index < -0.39 is 0 Å². The van der Waals surface area contributed by atoms with E-state index in [1.165, 1.54) is 0 Å². The lowest BCUT2D eigenvalue weighted by Crippen LogP contribution is -2.31. The molecule has 0 aliphatic carbocycles. The fraction of sp³-hybridized carbons (Fsp3) is 0.409. The molecule has 2 aromatic rings. The first-order valence-electron chi connectivity index (χ1n) is 9.04. The van der Waals surface area contributed by atoms with Crippen LogP contribution in [0.25, 0.3) is 0 Å². The molecule has 0 spiro atoms. The fourth-order valence-electron chi connectivity index (χ4n) is 2.92. The summed E-state index contributed by atoms with van der Waals surface area (Å²) in [5.74, 6) is 2.28. The van der Waals surface area contributed by atoms with Crippen LogP contribution in [0.5, 0.6) is 17.2 Å². The Labute approximate surface area is 161 Å². The van der Waals surface area contributed by atoms with Crippen LogP contribution in [-0.4, -0.2) is 38.7 Å². The number of hydrogen-bond donors (Lipinski definition) is 0. The zero-order chi connectivity index (χ0) is 20.0. The molecule has 2 rings (SSSR count). The lowest BCUT2D eigenvalue weighted by atomic mass is 10.0. The van der Waals surface area contributed by atoms with Gasteiger partial charge >= 0.3 is 0 Å². The number of hydrogen-bond acceptors (Lipinski definition) is 4. The predicted octanol–water partition coefficient (Wildman–Crippen LogP) is 4.17. The van der Waals surface area contributed by atoms with Gasteiger partial charge in [-0.25, -0.2) is 0 Å². The van der Waals surface area contributed by atoms with Gasteiger partial charge in [0.2, 0.25) is 0 Å². The Morgan fingerprint density at radius 1 is 1.07 bits per heavy atom. The summed E-state index contributed by atoms with van der Waals surface area (Å²) < 4.78 is 16.6. The van der Waals surface area contributed by atoms with Crippen molar-refractivity contribution in [1.29, 1.82) is 0 Å². The third kappa shape index (κ3) is 5.16. The summed E-state index contributed by atoms with van der Waals surface area (Å²) >= 11 is 0. The molecule has 0 atom stereocenters. The van der Waals surface area contributed by atoms with Gasteiger partial charge in [-0.1, -0.05) is 38.1 Å². The zero-order valence-electron chi connectivity index (χ0n) is 17.0. The van der Waals surface area contributed by atoms with Crippen LogP contribution < -0.4 is 14.2 Å². The number of amides is 1. The van der Waals surface area contributed by atoms with E-state index in [0.29, 0.717) is 24.0 Å². The first-order chi connectivity index (χ1) is 12.9. The molecule has 0 aromatic heterocycles. The normalized spacial score (nSPS) is 10.6. The van der Waals surface area contributed by atoms with Crippen molar-refractivity contribution in [3.63, 3.8) is 0 Å². The van der Waals surface area contributed by atoms with Crippen molar-refractivity contribution in [2.24, 2.45) is 0 Å². The Morgan fingerprint density at radius 3 is 2.44 bits per heavy atom. The first-order valence-corrected chi connectivity index (χ1v) is 9.04. The second kappa shape index (κ2) is 9.31. The van der Waals surface area contributed by atoms with Crippen LogP contribution >= 0.6 is 0 Å². The minimum absolute atomic E-state index is 0.00798. The summed E-state index contributed by atoms with van der Waals surface area (Å²) in [5.41, 5.74) is 3.09. The summed E-state index contributed by atoms with van der Waals surface area (Å²) in [5, 5.41) is 0. The molecule has 0 saturated carbocycles. The van der Waals surface area contributed by atoms with Crippen LogP contribution in [0.3, 0.4) is 0 Å². The molecule has 0 saturated heterocycles. The van der Waals surface area contributed by atoms with Crippen LogP contribution in [-0.2, 0) is 11.3 Å². The number of ether oxygens (including phenoxy) is 3. The van der Waals surface area contributed by atoms with Crippen molar-refractivity contribution in [3.8, 4) is 17.2 Å². The molecule has 0 fully saturated rings. The molecule has 0 aliphatic rings. The molecule has 2 aromatic carbocycles. The summed E-state index contributed by atoms with van der Waals surface area (Å²) in [4.78, 5) is 14.2. The number of carbonyl (C=O) groups excluding carboxylic acids is 1. The van der Waals surface area contributed by atoms with Crippen LogP contribution in [0, 0.1) is 6.92 Å². The average Bonchev–Trinajstić information content (AvgIpc) is 2.65. The Balaban J connectivity index is 2.06. The highest BCUT2D eigenvalue weighted by atomic mass is 16.5. The quantitative estimate of drug-likeness (QED) is 0.699. The van der Waals surface area contributed by atoms with Gasteiger partial charge in [-0.2, -0.15) is 0 Å². The molecule has 146 valence electrons. The van der Waals surface area contributed by atoms with Gasteiger partial charge in [0.05, 0.1) is 14.2 Å². The predicted molar refractivity (Wildman–Crippen MR) is 107 cm³/mol. The van der Waals surface area contributed by atoms with Crippen LogP contribution in [0.15, 0.2) is 36.4 Å². The number of nitrogens with zero attached hydrogens (tertiary/aromatic N) is 1. The maximum atomic E-state index is 12.6. The van der Waals surface area contributed by atoms with E-state index in [9.17, 15) is 4.79 Å². The highest BCUT2D eigenvalue weighted by Crippen LogP contribution is 2.31. The topological polar surface area (TPSA) is 48.0 Å². The highest BCUT2D eigenvalue weighted by Gasteiger charge is 2.16. The number of carbonyl (C=O) groups is 1. The lowest BCUT2D eigenvalue weighted by Gasteiger charge is -2.21. The third-order valence-electron chi connectivity index (χ3n) is 4.46. The van der Waals surface area contributed by atoms with Gasteiger partial charge in [-0.3, -0.25) is 4.79 Å². The molecule has 0 N–H and O–H groups in total. The van der Waals surface area contributed by atoms with Crippen LogP contribution in [0.1, 0.15) is 36.5 Å². The smallest absolute Gasteiger partial charge is 0.260 e. The van der Waals surface area contributed by atoms with Gasteiger partial charge in [-0.05, 0) is 36.1 Å². The maximum absolute atomic E-state index is 12.6. The summed E-state index contributed by atoms with van der Waals surface area (Å²) in [7, 11) is 4.94. The average molecular weight is 371 g/mol. The van der Waals surface area contributed by atoms with Crippen molar-refractivity contribution >= 4 is 5.91 Å². The molecule has 27 heavy (non-hydrogen) atoms. The van der Waals surface area contributed by atoms with Crippen LogP contribution in [0.2, 0.25) is 0 Å². The number of methoxy groups -OCH3 is 2. The monoisotopic (exact) mass is 371 g/mol. The van der Waals surface area contributed by atoms with Crippen LogP contribution in [0.4, 0.5) is 0 Å². The largest absolute Gasteiger partial charge is 0.493 e. The summed E-state index contributed by atoms with van der Waals surface area (Å²) in [6.45, 7) is 6.64. The standard InChI is InChI=1S/C22H29NO4/c1-15(2)18-11-10-16(3)12-20(18)27-14-21(24)23(4)13-17-8-7-9-19(25-5)22(17)26-6/h7-12,15H,13-14H2,1-6H3. The van der Waals surface area contributed by atoms with Gasteiger partial charge in [0.1, 0.15) is 5.75 Å². The van der Waals surface area contributed by atoms with Gasteiger partial charge in [0.15, 0.2) is 18.1 Å². The molecular formula is C22H29NO4. The van der Waals surface area contributed by atoms with Crippen molar-refractivity contribution < 1.29 is 19.0 Å². The van der Waals surface area contributed by atoms with E-state index in [-0.39, 0.29) is 12.5 Å². The molecular weight excluding hydrogens is 342 g/mol. The van der Waals surface area contributed by atoms with Crippen molar-refractivity contribution in [3.05, 3.63) is 53.1 Å². The van der Waals surface area contributed by atoms with E-state index >= 15 is 0 Å². The SMILES string of the molecule is COc1cccc(CN(C)C(=O)COc2cc(C)ccc2C(C)C)c1OC. The fourth-order valence-corrected chi connectivity index (χ4v) is 2.92. The first kappa shape index (κ1) is 20.6. The Hall–Kier alpha value is -2.69. The number of rotatable bonds is 8. The molecule has 1 amide bonds. The Kier molecular flexibility index (Phi) is 7.11. The summed E-state index contributed by atoms with van der Waals surface area (Å²) in [6.07, 6.45) is 0. The van der Waals surface area contributed by atoms with E-state index in [1.54, 1.807) is 26.2 Å². The molecule has 0 heterocycles. The minimum Gasteiger partial charge on any atom is -0.493 e. The van der Waals surface area contributed by atoms with E-state index in [1.807, 2.05) is 31.2 Å². The van der Waals surface area contributed by atoms with E-state index in [4.69, 9.17) is 14.2 Å². The van der Waals surface area contributed by atoms with Crippen molar-refractivity contribution in [2.45, 2.75) is 33.2 Å². The second-order valence-electron chi connectivity index (χ2n) is 6.89. The van der Waals surface area contributed by atoms with Gasteiger partial charge in [0, 0.05) is 19.2 Å². The molecule has 5 heteroatoms.